The molecule has 27 heavy (non-hydrogen) atoms. The molecule has 4 bridgehead atoms. The van der Waals surface area contributed by atoms with Gasteiger partial charge in [-0.15, -0.1) is 22.0 Å². The van der Waals surface area contributed by atoms with Gasteiger partial charge in [-0.25, -0.2) is 0 Å². The Kier molecular flexibility index (Phi) is 4.29. The van der Waals surface area contributed by atoms with Gasteiger partial charge in [0.2, 0.25) is 17.7 Å². The number of aliphatic hydroxyl groups is 1. The summed E-state index contributed by atoms with van der Waals surface area (Å²) in [4.78, 5) is 14.9. The van der Waals surface area contributed by atoms with Crippen LogP contribution in [0.15, 0.2) is 4.42 Å². The molecule has 5 fully saturated rings. The van der Waals surface area contributed by atoms with Crippen molar-refractivity contribution < 1.29 is 14.3 Å². The maximum absolute atomic E-state index is 12.9. The second kappa shape index (κ2) is 6.46. The van der Waals surface area contributed by atoms with Gasteiger partial charge in [0, 0.05) is 24.8 Å². The Balaban J connectivity index is 1.21. The van der Waals surface area contributed by atoms with E-state index in [-0.39, 0.29) is 16.8 Å². The van der Waals surface area contributed by atoms with E-state index in [4.69, 9.17) is 4.42 Å². The van der Waals surface area contributed by atoms with Crippen molar-refractivity contribution in [1.29, 1.82) is 0 Å². The van der Waals surface area contributed by atoms with Crippen LogP contribution in [-0.2, 0) is 11.2 Å². The first kappa shape index (κ1) is 17.9. The van der Waals surface area contributed by atoms with Gasteiger partial charge in [0.25, 0.3) is 0 Å². The molecule has 3 unspecified atom stereocenters. The average Bonchev–Trinajstić information content (AvgIpc) is 3.20. The number of aromatic nitrogens is 2. The van der Waals surface area contributed by atoms with Crippen molar-refractivity contribution in [3.8, 4) is 0 Å². The van der Waals surface area contributed by atoms with Crippen molar-refractivity contribution >= 4 is 17.7 Å². The van der Waals surface area contributed by atoms with Crippen LogP contribution in [0.5, 0.6) is 0 Å². The van der Waals surface area contributed by atoms with E-state index < -0.39 is 5.60 Å². The second-order valence-corrected chi connectivity index (χ2v) is 10.4. The second-order valence-electron chi connectivity index (χ2n) is 9.15. The van der Waals surface area contributed by atoms with E-state index in [1.807, 2.05) is 4.90 Å². The SMILES string of the molecule is Cc1nnc(CC2SCCN2C(=O)CNC23CC4CC(CC(O)(C4)C2)C3)o1. The lowest BCUT2D eigenvalue weighted by molar-refractivity contribution is -0.147. The molecule has 3 atom stereocenters. The van der Waals surface area contributed by atoms with E-state index in [0.717, 1.165) is 44.4 Å². The van der Waals surface area contributed by atoms with Crippen LogP contribution in [0.3, 0.4) is 0 Å². The third-order valence-corrected chi connectivity index (χ3v) is 8.10. The minimum Gasteiger partial charge on any atom is -0.425 e. The number of nitrogens with zero attached hydrogens (tertiary/aromatic N) is 3. The van der Waals surface area contributed by atoms with E-state index in [9.17, 15) is 9.90 Å². The lowest BCUT2D eigenvalue weighted by Crippen LogP contribution is -2.65. The molecule has 2 heterocycles. The minimum atomic E-state index is -0.498. The summed E-state index contributed by atoms with van der Waals surface area (Å²) >= 11 is 1.78. The number of carbonyl (C=O) groups is 1. The molecule has 8 heteroatoms. The van der Waals surface area contributed by atoms with Crippen LogP contribution < -0.4 is 5.32 Å². The zero-order valence-electron chi connectivity index (χ0n) is 15.8. The molecule has 0 spiro atoms. The zero-order chi connectivity index (χ0) is 18.6. The quantitative estimate of drug-likeness (QED) is 0.784. The zero-order valence-corrected chi connectivity index (χ0v) is 16.6. The van der Waals surface area contributed by atoms with E-state index in [2.05, 4.69) is 15.5 Å². The Labute approximate surface area is 163 Å². The summed E-state index contributed by atoms with van der Waals surface area (Å²) in [6.07, 6.45) is 6.79. The monoisotopic (exact) mass is 392 g/mol. The van der Waals surface area contributed by atoms with Crippen LogP contribution in [0.4, 0.5) is 0 Å². The molecule has 0 aromatic carbocycles. The van der Waals surface area contributed by atoms with Gasteiger partial charge >= 0.3 is 0 Å². The lowest BCUT2D eigenvalue weighted by Gasteiger charge is -2.60. The topological polar surface area (TPSA) is 91.5 Å². The Morgan fingerprint density at radius 2 is 2.11 bits per heavy atom. The van der Waals surface area contributed by atoms with Gasteiger partial charge < -0.3 is 19.7 Å². The molecule has 5 aliphatic rings. The predicted octanol–water partition coefficient (Wildman–Crippen LogP) is 1.50. The van der Waals surface area contributed by atoms with Crippen LogP contribution >= 0.6 is 11.8 Å². The molecule has 1 saturated heterocycles. The molecule has 7 nitrogen and oxygen atoms in total. The number of carbonyl (C=O) groups excluding carboxylic acids is 1. The van der Waals surface area contributed by atoms with Crippen LogP contribution in [0, 0.1) is 18.8 Å². The maximum Gasteiger partial charge on any atom is 0.237 e. The average molecular weight is 393 g/mol. The van der Waals surface area contributed by atoms with E-state index in [1.165, 1.54) is 6.42 Å². The number of thioether (sulfide) groups is 1. The summed E-state index contributed by atoms with van der Waals surface area (Å²) in [6, 6.07) is 0. The summed E-state index contributed by atoms with van der Waals surface area (Å²) in [5.41, 5.74) is -0.539. The standard InChI is InChI=1S/C19H28N4O3S/c1-12-21-22-15(26-12)5-17-23(2-3-27-17)16(24)10-20-18-6-13-4-14(7-18)9-19(25,8-13)11-18/h13-14,17,20,25H,2-11H2,1H3. The van der Waals surface area contributed by atoms with Crippen LogP contribution in [0.25, 0.3) is 0 Å². The van der Waals surface area contributed by atoms with Crippen molar-refractivity contribution in [1.82, 2.24) is 20.4 Å². The van der Waals surface area contributed by atoms with Gasteiger partial charge in [0.15, 0.2) is 0 Å². The minimum absolute atomic E-state index is 0.0412. The smallest absolute Gasteiger partial charge is 0.237 e. The molecule has 1 aromatic rings. The van der Waals surface area contributed by atoms with Crippen LogP contribution in [-0.4, -0.2) is 61.5 Å². The number of rotatable bonds is 5. The number of hydrogen-bond acceptors (Lipinski definition) is 7. The van der Waals surface area contributed by atoms with Crippen molar-refractivity contribution in [2.24, 2.45) is 11.8 Å². The largest absolute Gasteiger partial charge is 0.425 e. The van der Waals surface area contributed by atoms with Gasteiger partial charge in [-0.05, 0) is 50.4 Å². The highest BCUT2D eigenvalue weighted by Gasteiger charge is 2.57. The summed E-state index contributed by atoms with van der Waals surface area (Å²) < 4.78 is 5.49. The summed E-state index contributed by atoms with van der Waals surface area (Å²) in [6.45, 7) is 2.91. The van der Waals surface area contributed by atoms with E-state index in [1.54, 1.807) is 18.7 Å². The van der Waals surface area contributed by atoms with Gasteiger partial charge in [0.05, 0.1) is 23.9 Å². The molecule has 2 N–H and O–H groups in total. The molecule has 1 aromatic heterocycles. The number of amides is 1. The number of nitrogens with one attached hydrogen (secondary N) is 1. The first-order valence-electron chi connectivity index (χ1n) is 10.1. The van der Waals surface area contributed by atoms with Crippen LogP contribution in [0.1, 0.15) is 50.3 Å². The van der Waals surface area contributed by atoms with Crippen molar-refractivity contribution in [3.05, 3.63) is 11.8 Å². The fourth-order valence-electron chi connectivity index (χ4n) is 6.33. The van der Waals surface area contributed by atoms with Crippen molar-refractivity contribution in [2.75, 3.05) is 18.8 Å². The molecule has 4 aliphatic carbocycles. The lowest BCUT2D eigenvalue weighted by atomic mass is 9.51. The fraction of sp³-hybridized carbons (Fsp3) is 0.842. The molecule has 1 amide bonds. The number of hydrogen-bond donors (Lipinski definition) is 2. The number of aryl methyl sites for hydroxylation is 1. The first-order chi connectivity index (χ1) is 12.9. The van der Waals surface area contributed by atoms with E-state index >= 15 is 0 Å². The normalized spacial score (nSPS) is 40.1. The molecule has 4 saturated carbocycles. The summed E-state index contributed by atoms with van der Waals surface area (Å²) in [7, 11) is 0. The molecule has 148 valence electrons. The summed E-state index contributed by atoms with van der Waals surface area (Å²) in [5, 5.41) is 22.5. The highest BCUT2D eigenvalue weighted by molar-refractivity contribution is 8.00. The van der Waals surface area contributed by atoms with E-state index in [0.29, 0.717) is 36.6 Å². The van der Waals surface area contributed by atoms with Gasteiger partial charge in [-0.3, -0.25) is 4.79 Å². The third-order valence-electron chi connectivity index (χ3n) is 6.87. The van der Waals surface area contributed by atoms with Crippen molar-refractivity contribution in [2.45, 2.75) is 68.4 Å². The summed E-state index contributed by atoms with van der Waals surface area (Å²) in [5.74, 6) is 3.49. The first-order valence-corrected chi connectivity index (χ1v) is 11.1. The molecular weight excluding hydrogens is 364 g/mol. The molecule has 1 aliphatic heterocycles. The third kappa shape index (κ3) is 3.40. The van der Waals surface area contributed by atoms with Gasteiger partial charge in [-0.2, -0.15) is 0 Å². The Hall–Kier alpha value is -1.12. The Bertz CT molecular complexity index is 724. The van der Waals surface area contributed by atoms with Crippen molar-refractivity contribution in [3.63, 3.8) is 0 Å². The predicted molar refractivity (Wildman–Crippen MR) is 101 cm³/mol. The van der Waals surface area contributed by atoms with Gasteiger partial charge in [0.1, 0.15) is 0 Å². The highest BCUT2D eigenvalue weighted by Crippen LogP contribution is 2.57. The highest BCUT2D eigenvalue weighted by atomic mass is 32.2. The fourth-order valence-corrected chi connectivity index (χ4v) is 7.57. The Morgan fingerprint density at radius 3 is 2.78 bits per heavy atom. The maximum atomic E-state index is 12.9. The Morgan fingerprint density at radius 1 is 1.33 bits per heavy atom. The van der Waals surface area contributed by atoms with Crippen LogP contribution in [0.2, 0.25) is 0 Å². The molecule has 0 radical (unpaired) electrons. The molecule has 6 rings (SSSR count). The molecular formula is C19H28N4O3S. The van der Waals surface area contributed by atoms with Gasteiger partial charge in [-0.1, -0.05) is 0 Å².